The minimum atomic E-state index is -0.117. The van der Waals surface area contributed by atoms with Gasteiger partial charge in [0, 0.05) is 31.2 Å². The first kappa shape index (κ1) is 22.1. The maximum absolute atomic E-state index is 12.2. The van der Waals surface area contributed by atoms with Crippen LogP contribution in [0.3, 0.4) is 0 Å². The molecular formula is C24H30N6O. The summed E-state index contributed by atoms with van der Waals surface area (Å²) < 4.78 is 1.59. The summed E-state index contributed by atoms with van der Waals surface area (Å²) in [5.74, 6) is 0.649. The molecular weight excluding hydrogens is 388 g/mol. The number of anilines is 1. The lowest BCUT2D eigenvalue weighted by Crippen LogP contribution is -2.37. The molecule has 3 aromatic rings. The molecule has 7 nitrogen and oxygen atoms in total. The van der Waals surface area contributed by atoms with Crippen molar-refractivity contribution in [3.8, 4) is 0 Å². The minimum Gasteiger partial charge on any atom is -0.357 e. The van der Waals surface area contributed by atoms with Crippen molar-refractivity contribution in [1.82, 2.24) is 20.4 Å². The second kappa shape index (κ2) is 11.5. The summed E-state index contributed by atoms with van der Waals surface area (Å²) in [5.41, 5.74) is 4.38. The van der Waals surface area contributed by atoms with Gasteiger partial charge in [0.2, 0.25) is 5.91 Å². The Hall–Kier alpha value is -3.61. The molecule has 0 spiro atoms. The highest BCUT2D eigenvalue weighted by Gasteiger charge is 2.05. The molecule has 0 aliphatic carbocycles. The molecule has 0 saturated heterocycles. The van der Waals surface area contributed by atoms with E-state index in [1.54, 1.807) is 23.1 Å². The molecule has 0 saturated carbocycles. The normalized spacial score (nSPS) is 11.2. The number of aryl methyl sites for hydroxylation is 1. The van der Waals surface area contributed by atoms with Crippen LogP contribution >= 0.6 is 0 Å². The summed E-state index contributed by atoms with van der Waals surface area (Å²) in [6, 6.07) is 18.0. The Morgan fingerprint density at radius 3 is 2.61 bits per heavy atom. The number of nitrogens with zero attached hydrogens (tertiary/aromatic N) is 3. The first-order valence-electron chi connectivity index (χ1n) is 10.6. The van der Waals surface area contributed by atoms with E-state index in [2.05, 4.69) is 52.2 Å². The number of amides is 1. The minimum absolute atomic E-state index is 0.117. The summed E-state index contributed by atoms with van der Waals surface area (Å²) in [4.78, 5) is 16.9. The summed E-state index contributed by atoms with van der Waals surface area (Å²) in [6.07, 6.45) is 4.42. The summed E-state index contributed by atoms with van der Waals surface area (Å²) >= 11 is 0. The zero-order valence-corrected chi connectivity index (χ0v) is 18.1. The lowest BCUT2D eigenvalue weighted by Gasteiger charge is -2.13. The van der Waals surface area contributed by atoms with Crippen molar-refractivity contribution in [3.05, 3.63) is 83.7 Å². The fraction of sp³-hybridized carbons (Fsp3) is 0.292. The second-order valence-electron chi connectivity index (χ2n) is 7.12. The number of carbonyl (C=O) groups is 1. The molecule has 0 atom stereocenters. The lowest BCUT2D eigenvalue weighted by molar-refractivity contribution is -0.116. The van der Waals surface area contributed by atoms with Crippen LogP contribution in [0.4, 0.5) is 5.69 Å². The van der Waals surface area contributed by atoms with E-state index in [1.165, 1.54) is 11.1 Å². The lowest BCUT2D eigenvalue weighted by atomic mass is 10.1. The van der Waals surface area contributed by atoms with Gasteiger partial charge in [-0.2, -0.15) is 5.10 Å². The van der Waals surface area contributed by atoms with Crippen molar-refractivity contribution in [2.24, 2.45) is 4.99 Å². The van der Waals surface area contributed by atoms with Crippen LogP contribution in [0.25, 0.3) is 0 Å². The van der Waals surface area contributed by atoms with Crippen LogP contribution in [0.1, 0.15) is 30.5 Å². The molecule has 1 aromatic heterocycles. The average Bonchev–Trinajstić information content (AvgIpc) is 3.29. The Kier molecular flexibility index (Phi) is 8.22. The quantitative estimate of drug-likeness (QED) is 0.368. The molecule has 7 heteroatoms. The summed E-state index contributed by atoms with van der Waals surface area (Å²) in [5, 5.41) is 13.7. The van der Waals surface area contributed by atoms with Gasteiger partial charge in [0.05, 0.1) is 6.54 Å². The Balaban J connectivity index is 1.59. The number of rotatable bonds is 9. The van der Waals surface area contributed by atoms with E-state index in [0.717, 1.165) is 36.7 Å². The van der Waals surface area contributed by atoms with Gasteiger partial charge in [0.15, 0.2) is 5.96 Å². The van der Waals surface area contributed by atoms with Gasteiger partial charge in [0.25, 0.3) is 0 Å². The fourth-order valence-corrected chi connectivity index (χ4v) is 3.25. The Bertz CT molecular complexity index is 997. The molecule has 2 aromatic carbocycles. The highest BCUT2D eigenvalue weighted by molar-refractivity contribution is 5.90. The van der Waals surface area contributed by atoms with E-state index in [-0.39, 0.29) is 12.5 Å². The molecule has 0 aliphatic heterocycles. The predicted octanol–water partition coefficient (Wildman–Crippen LogP) is 3.34. The molecule has 31 heavy (non-hydrogen) atoms. The van der Waals surface area contributed by atoms with Gasteiger partial charge in [-0.3, -0.25) is 9.48 Å². The zero-order valence-electron chi connectivity index (χ0n) is 18.1. The van der Waals surface area contributed by atoms with Crippen LogP contribution in [-0.2, 0) is 30.8 Å². The third-order valence-corrected chi connectivity index (χ3v) is 4.79. The van der Waals surface area contributed by atoms with E-state index in [1.807, 2.05) is 31.2 Å². The van der Waals surface area contributed by atoms with Gasteiger partial charge in [-0.15, -0.1) is 0 Å². The van der Waals surface area contributed by atoms with Crippen LogP contribution in [0.2, 0.25) is 0 Å². The largest absolute Gasteiger partial charge is 0.357 e. The summed E-state index contributed by atoms with van der Waals surface area (Å²) in [6.45, 7) is 6.41. The maximum atomic E-state index is 12.2. The highest BCUT2D eigenvalue weighted by atomic mass is 16.2. The van der Waals surface area contributed by atoms with Crippen molar-refractivity contribution >= 4 is 17.6 Å². The van der Waals surface area contributed by atoms with E-state index in [4.69, 9.17) is 4.99 Å². The van der Waals surface area contributed by atoms with Crippen LogP contribution in [0.5, 0.6) is 0 Å². The maximum Gasteiger partial charge on any atom is 0.246 e. The smallest absolute Gasteiger partial charge is 0.246 e. The van der Waals surface area contributed by atoms with Gasteiger partial charge < -0.3 is 16.0 Å². The Morgan fingerprint density at radius 2 is 1.87 bits per heavy atom. The van der Waals surface area contributed by atoms with Gasteiger partial charge in [0.1, 0.15) is 6.54 Å². The van der Waals surface area contributed by atoms with E-state index >= 15 is 0 Å². The standard InChI is InChI=1S/C24H30N6O/c1-3-20-10-5-6-11-21(20)17-27-24(25-4-2)26-16-19-9-7-12-22(15-19)29-23(31)18-30-14-8-13-28-30/h5-15H,3-4,16-18H2,1-2H3,(H,29,31)(H2,25,26,27). The van der Waals surface area contributed by atoms with Crippen molar-refractivity contribution < 1.29 is 4.79 Å². The van der Waals surface area contributed by atoms with Crippen LogP contribution < -0.4 is 16.0 Å². The number of hydrogen-bond donors (Lipinski definition) is 3. The third kappa shape index (κ3) is 6.99. The number of benzene rings is 2. The first-order chi connectivity index (χ1) is 15.2. The number of hydrogen-bond acceptors (Lipinski definition) is 3. The second-order valence-corrected chi connectivity index (χ2v) is 7.12. The Labute approximate surface area is 183 Å². The Morgan fingerprint density at radius 1 is 1.03 bits per heavy atom. The van der Waals surface area contributed by atoms with Gasteiger partial charge >= 0.3 is 0 Å². The molecule has 0 aliphatic rings. The van der Waals surface area contributed by atoms with Crippen LogP contribution in [-0.4, -0.2) is 28.2 Å². The SMILES string of the molecule is CCNC(=NCc1cccc(NC(=O)Cn2cccn2)c1)NCc1ccccc1CC. The topological polar surface area (TPSA) is 83.3 Å². The number of guanidine groups is 1. The van der Waals surface area contributed by atoms with E-state index < -0.39 is 0 Å². The van der Waals surface area contributed by atoms with Crippen molar-refractivity contribution in [3.63, 3.8) is 0 Å². The van der Waals surface area contributed by atoms with Gasteiger partial charge in [-0.25, -0.2) is 4.99 Å². The zero-order chi connectivity index (χ0) is 21.9. The number of carbonyl (C=O) groups excluding carboxylic acids is 1. The third-order valence-electron chi connectivity index (χ3n) is 4.79. The molecule has 0 unspecified atom stereocenters. The molecule has 0 bridgehead atoms. The molecule has 162 valence electrons. The highest BCUT2D eigenvalue weighted by Crippen LogP contribution is 2.12. The van der Waals surface area contributed by atoms with Gasteiger partial charge in [-0.1, -0.05) is 43.3 Å². The van der Waals surface area contributed by atoms with E-state index in [0.29, 0.717) is 6.54 Å². The average molecular weight is 419 g/mol. The molecule has 3 N–H and O–H groups in total. The van der Waals surface area contributed by atoms with Crippen molar-refractivity contribution in [1.29, 1.82) is 0 Å². The van der Waals surface area contributed by atoms with Crippen LogP contribution in [0, 0.1) is 0 Å². The number of aromatic nitrogens is 2. The van der Waals surface area contributed by atoms with Crippen molar-refractivity contribution in [2.75, 3.05) is 11.9 Å². The van der Waals surface area contributed by atoms with E-state index in [9.17, 15) is 4.79 Å². The first-order valence-corrected chi connectivity index (χ1v) is 10.6. The number of nitrogens with one attached hydrogen (secondary N) is 3. The van der Waals surface area contributed by atoms with Crippen LogP contribution in [0.15, 0.2) is 72.0 Å². The van der Waals surface area contributed by atoms with Crippen molar-refractivity contribution in [2.45, 2.75) is 39.9 Å². The predicted molar refractivity (Wildman–Crippen MR) is 125 cm³/mol. The monoisotopic (exact) mass is 418 g/mol. The summed E-state index contributed by atoms with van der Waals surface area (Å²) in [7, 11) is 0. The molecule has 1 heterocycles. The molecule has 3 rings (SSSR count). The van der Waals surface area contributed by atoms with Gasteiger partial charge in [-0.05, 0) is 48.2 Å². The molecule has 0 fully saturated rings. The molecule has 1 amide bonds. The number of aliphatic imine (C=N–C) groups is 1. The fourth-order valence-electron chi connectivity index (χ4n) is 3.25. The molecule has 0 radical (unpaired) electrons.